The number of halogens is 3. The van der Waals surface area contributed by atoms with Crippen LogP contribution in [0, 0.1) is 11.8 Å². The summed E-state index contributed by atoms with van der Waals surface area (Å²) < 4.78 is 42.4. The molecule has 128 valence electrons. The van der Waals surface area contributed by atoms with E-state index < -0.39 is 12.0 Å². The molecule has 1 aromatic heterocycles. The van der Waals surface area contributed by atoms with Crippen LogP contribution < -0.4 is 0 Å². The Morgan fingerprint density at radius 1 is 1.09 bits per heavy atom. The Kier molecular flexibility index (Phi) is 3.84. The molecule has 0 aromatic carbocycles. The van der Waals surface area contributed by atoms with Crippen LogP contribution >= 0.6 is 0 Å². The second-order valence-corrected chi connectivity index (χ2v) is 7.20. The maximum absolute atomic E-state index is 12.6. The lowest BCUT2D eigenvalue weighted by atomic mass is 9.95. The van der Waals surface area contributed by atoms with Gasteiger partial charge in [0.15, 0.2) is 0 Å². The van der Waals surface area contributed by atoms with E-state index in [4.69, 9.17) is 4.52 Å². The Morgan fingerprint density at radius 2 is 1.91 bits per heavy atom. The van der Waals surface area contributed by atoms with Crippen LogP contribution in [0.3, 0.4) is 0 Å². The van der Waals surface area contributed by atoms with E-state index in [0.717, 1.165) is 25.6 Å². The van der Waals surface area contributed by atoms with Crippen LogP contribution in [0.2, 0.25) is 0 Å². The van der Waals surface area contributed by atoms with Gasteiger partial charge in [0.25, 0.3) is 5.82 Å². The molecule has 0 amide bonds. The molecule has 0 unspecified atom stereocenters. The fourth-order valence-electron chi connectivity index (χ4n) is 3.89. The van der Waals surface area contributed by atoms with E-state index in [2.05, 4.69) is 19.9 Å². The highest BCUT2D eigenvalue weighted by molar-refractivity contribution is 4.95. The molecular formula is C15H21F3N4O. The molecule has 1 aliphatic carbocycles. The van der Waals surface area contributed by atoms with Gasteiger partial charge in [-0.05, 0) is 37.5 Å². The first-order valence-corrected chi connectivity index (χ1v) is 8.33. The van der Waals surface area contributed by atoms with Crippen molar-refractivity contribution in [1.29, 1.82) is 0 Å². The van der Waals surface area contributed by atoms with Crippen LogP contribution in [-0.2, 0) is 12.7 Å². The molecule has 4 aliphatic rings. The first-order chi connectivity index (χ1) is 11.0. The van der Waals surface area contributed by atoms with Gasteiger partial charge in [-0.3, -0.25) is 9.80 Å². The number of fused-ring (bicyclic) bond motifs is 4. The molecule has 1 saturated carbocycles. The van der Waals surface area contributed by atoms with Crippen molar-refractivity contribution < 1.29 is 17.7 Å². The van der Waals surface area contributed by atoms with Gasteiger partial charge in [0.2, 0.25) is 5.89 Å². The van der Waals surface area contributed by atoms with Crippen LogP contribution in [-0.4, -0.2) is 52.2 Å². The Balaban J connectivity index is 1.41. The molecule has 1 aromatic rings. The third kappa shape index (κ3) is 3.52. The van der Waals surface area contributed by atoms with E-state index >= 15 is 0 Å². The van der Waals surface area contributed by atoms with Crippen LogP contribution in [0.5, 0.6) is 0 Å². The predicted molar refractivity (Wildman–Crippen MR) is 75.4 cm³/mol. The smallest absolute Gasteiger partial charge is 0.338 e. The first-order valence-electron chi connectivity index (χ1n) is 8.33. The highest BCUT2D eigenvalue weighted by Gasteiger charge is 2.39. The zero-order valence-electron chi connectivity index (χ0n) is 12.9. The number of nitrogens with zero attached hydrogens (tertiary/aromatic N) is 4. The topological polar surface area (TPSA) is 45.4 Å². The Bertz CT molecular complexity index is 557. The molecular weight excluding hydrogens is 309 g/mol. The fourth-order valence-corrected chi connectivity index (χ4v) is 3.89. The van der Waals surface area contributed by atoms with Gasteiger partial charge in [-0.25, -0.2) is 0 Å². The standard InChI is InChI=1S/C15H21F3N4O/c16-15(17,18)14-19-13(23-20-14)9-21-5-11-3-4-12(8-21)22(7-11)6-10-1-2-10/h10-12H,1-9H2/t11-,12+/m0/s1. The van der Waals surface area contributed by atoms with Crippen molar-refractivity contribution in [2.24, 2.45) is 11.8 Å². The van der Waals surface area contributed by atoms with Crippen LogP contribution in [0.25, 0.3) is 0 Å². The molecule has 4 heterocycles. The van der Waals surface area contributed by atoms with Gasteiger partial charge < -0.3 is 4.52 Å². The second-order valence-electron chi connectivity index (χ2n) is 7.20. The molecule has 0 radical (unpaired) electrons. The van der Waals surface area contributed by atoms with Crippen molar-refractivity contribution in [3.8, 4) is 0 Å². The van der Waals surface area contributed by atoms with E-state index in [9.17, 15) is 13.2 Å². The minimum Gasteiger partial charge on any atom is -0.338 e. The number of aromatic nitrogens is 2. The molecule has 4 fully saturated rings. The third-order valence-corrected chi connectivity index (χ3v) is 5.17. The maximum atomic E-state index is 12.6. The Hall–Kier alpha value is -1.15. The third-order valence-electron chi connectivity index (χ3n) is 5.17. The summed E-state index contributed by atoms with van der Waals surface area (Å²) in [6.07, 6.45) is 0.547. The highest BCUT2D eigenvalue weighted by atomic mass is 19.4. The molecule has 8 heteroatoms. The van der Waals surface area contributed by atoms with Crippen molar-refractivity contribution in [3.63, 3.8) is 0 Å². The summed E-state index contributed by atoms with van der Waals surface area (Å²) in [7, 11) is 0. The zero-order chi connectivity index (χ0) is 16.0. The molecule has 3 saturated heterocycles. The number of rotatable bonds is 4. The zero-order valence-corrected chi connectivity index (χ0v) is 12.9. The van der Waals surface area contributed by atoms with E-state index in [0.29, 0.717) is 18.5 Å². The summed E-state index contributed by atoms with van der Waals surface area (Å²) in [5, 5.41) is 3.04. The number of hydrogen-bond donors (Lipinski definition) is 0. The number of piperidine rings is 1. The van der Waals surface area contributed by atoms with E-state index in [1.54, 1.807) is 0 Å². The summed E-state index contributed by atoms with van der Waals surface area (Å²) in [6.45, 7) is 4.41. The summed E-state index contributed by atoms with van der Waals surface area (Å²) in [4.78, 5) is 8.28. The van der Waals surface area contributed by atoms with E-state index in [-0.39, 0.29) is 5.89 Å². The lowest BCUT2D eigenvalue weighted by Gasteiger charge is -2.36. The average molecular weight is 330 g/mol. The van der Waals surface area contributed by atoms with Gasteiger partial charge in [-0.15, -0.1) is 0 Å². The molecule has 2 atom stereocenters. The van der Waals surface area contributed by atoms with E-state index in [1.165, 1.54) is 32.2 Å². The summed E-state index contributed by atoms with van der Waals surface area (Å²) in [5.41, 5.74) is 0. The van der Waals surface area contributed by atoms with Gasteiger partial charge in [-0.2, -0.15) is 18.2 Å². The minimum atomic E-state index is -4.54. The van der Waals surface area contributed by atoms with Gasteiger partial charge >= 0.3 is 6.18 Å². The quantitative estimate of drug-likeness (QED) is 0.848. The minimum absolute atomic E-state index is 0.0624. The predicted octanol–water partition coefficient (Wildman–Crippen LogP) is 2.39. The van der Waals surface area contributed by atoms with Crippen molar-refractivity contribution in [1.82, 2.24) is 19.9 Å². The molecule has 5 nitrogen and oxygen atoms in total. The number of alkyl halides is 3. The Labute approximate surface area is 132 Å². The monoisotopic (exact) mass is 330 g/mol. The molecule has 5 rings (SSSR count). The first kappa shape index (κ1) is 15.4. The van der Waals surface area contributed by atoms with Crippen LogP contribution in [0.15, 0.2) is 4.52 Å². The molecule has 0 N–H and O–H groups in total. The van der Waals surface area contributed by atoms with Crippen LogP contribution in [0.4, 0.5) is 13.2 Å². The summed E-state index contributed by atoms with van der Waals surface area (Å²) >= 11 is 0. The van der Waals surface area contributed by atoms with Crippen molar-refractivity contribution in [3.05, 3.63) is 11.7 Å². The summed E-state index contributed by atoms with van der Waals surface area (Å²) in [6, 6.07) is 0.513. The molecule has 0 spiro atoms. The summed E-state index contributed by atoms with van der Waals surface area (Å²) in [5.74, 6) is 0.346. The number of hydrogen-bond acceptors (Lipinski definition) is 5. The largest absolute Gasteiger partial charge is 0.455 e. The fraction of sp³-hybridized carbons (Fsp3) is 0.867. The normalized spacial score (nSPS) is 29.9. The average Bonchev–Trinajstić information content (AvgIpc) is 3.22. The van der Waals surface area contributed by atoms with Crippen molar-refractivity contribution >= 4 is 0 Å². The molecule has 3 aliphatic heterocycles. The highest BCUT2D eigenvalue weighted by Crippen LogP contribution is 2.35. The van der Waals surface area contributed by atoms with Gasteiger partial charge in [0.1, 0.15) is 0 Å². The van der Waals surface area contributed by atoms with Crippen molar-refractivity contribution in [2.75, 3.05) is 26.2 Å². The lowest BCUT2D eigenvalue weighted by Crippen LogP contribution is -2.44. The van der Waals surface area contributed by atoms with Gasteiger partial charge in [0, 0.05) is 32.2 Å². The Morgan fingerprint density at radius 3 is 2.61 bits per heavy atom. The van der Waals surface area contributed by atoms with Crippen molar-refractivity contribution in [2.45, 2.75) is 44.4 Å². The lowest BCUT2D eigenvalue weighted by molar-refractivity contribution is -0.146. The second kappa shape index (κ2) is 5.73. The molecule has 23 heavy (non-hydrogen) atoms. The maximum Gasteiger partial charge on any atom is 0.455 e. The van der Waals surface area contributed by atoms with Gasteiger partial charge in [0.05, 0.1) is 6.54 Å². The van der Waals surface area contributed by atoms with Crippen LogP contribution in [0.1, 0.15) is 37.4 Å². The van der Waals surface area contributed by atoms with E-state index in [1.807, 2.05) is 0 Å². The SMILES string of the molecule is FC(F)(F)c1noc(CN2C[C@@H]3CC[C@H](C2)N(CC2CC2)C3)n1. The van der Waals surface area contributed by atoms with Gasteiger partial charge in [-0.1, -0.05) is 5.16 Å². The molecule has 2 bridgehead atoms.